The normalized spacial score (nSPS) is 10.8. The maximum Gasteiger partial charge on any atom is 0.191 e. The van der Waals surface area contributed by atoms with Gasteiger partial charge in [-0.15, -0.1) is 24.0 Å². The minimum Gasteiger partial charge on any atom is -0.496 e. The van der Waals surface area contributed by atoms with Crippen molar-refractivity contribution in [3.63, 3.8) is 0 Å². The quantitative estimate of drug-likeness (QED) is 0.220. The van der Waals surface area contributed by atoms with Crippen molar-refractivity contribution in [2.75, 3.05) is 41.0 Å². The van der Waals surface area contributed by atoms with Crippen LogP contribution in [0.2, 0.25) is 0 Å². The van der Waals surface area contributed by atoms with Crippen LogP contribution in [0.3, 0.4) is 0 Å². The zero-order chi connectivity index (χ0) is 20.2. The van der Waals surface area contributed by atoms with Crippen molar-refractivity contribution in [1.82, 2.24) is 10.6 Å². The van der Waals surface area contributed by atoms with Crippen LogP contribution in [0.15, 0.2) is 47.5 Å². The molecule has 0 spiro atoms. The topological polar surface area (TPSA) is 64.1 Å². The second-order valence-corrected chi connectivity index (χ2v) is 6.40. The van der Waals surface area contributed by atoms with Gasteiger partial charge in [0, 0.05) is 27.2 Å². The predicted molar refractivity (Wildman–Crippen MR) is 129 cm³/mol. The van der Waals surface area contributed by atoms with Crippen LogP contribution < -0.4 is 20.1 Å². The van der Waals surface area contributed by atoms with Crippen molar-refractivity contribution in [2.45, 2.75) is 19.9 Å². The number of methoxy groups -OCH3 is 2. The van der Waals surface area contributed by atoms with E-state index in [2.05, 4.69) is 34.7 Å². The summed E-state index contributed by atoms with van der Waals surface area (Å²) >= 11 is 0. The van der Waals surface area contributed by atoms with Crippen LogP contribution in [0.1, 0.15) is 16.7 Å². The van der Waals surface area contributed by atoms with Crippen molar-refractivity contribution in [1.29, 1.82) is 0 Å². The number of nitrogens with zero attached hydrogens (tertiary/aromatic N) is 1. The molecule has 2 rings (SSSR count). The van der Waals surface area contributed by atoms with Gasteiger partial charge < -0.3 is 24.8 Å². The summed E-state index contributed by atoms with van der Waals surface area (Å²) in [5.41, 5.74) is 3.57. The van der Waals surface area contributed by atoms with Gasteiger partial charge in [-0.3, -0.25) is 4.99 Å². The molecule has 0 atom stereocenters. The molecule has 0 saturated heterocycles. The van der Waals surface area contributed by atoms with Crippen LogP contribution in [-0.2, 0) is 17.7 Å². The van der Waals surface area contributed by atoms with Gasteiger partial charge in [0.15, 0.2) is 5.96 Å². The maximum atomic E-state index is 5.58. The highest BCUT2D eigenvalue weighted by Crippen LogP contribution is 2.19. The lowest BCUT2D eigenvalue weighted by Gasteiger charge is -2.14. The van der Waals surface area contributed by atoms with Gasteiger partial charge in [0.2, 0.25) is 0 Å². The molecule has 0 amide bonds. The molecule has 0 aliphatic rings. The average molecular weight is 513 g/mol. The van der Waals surface area contributed by atoms with Crippen LogP contribution in [0.25, 0.3) is 0 Å². The SMILES string of the molecule is CN=C(NCCc1cc(C)ccc1OC)NCc1ccc(OCCOC)cc1.I. The van der Waals surface area contributed by atoms with Gasteiger partial charge in [0.25, 0.3) is 0 Å². The first-order chi connectivity index (χ1) is 13.7. The molecule has 160 valence electrons. The summed E-state index contributed by atoms with van der Waals surface area (Å²) in [4.78, 5) is 4.29. The van der Waals surface area contributed by atoms with Gasteiger partial charge in [0.1, 0.15) is 18.1 Å². The third-order valence-electron chi connectivity index (χ3n) is 4.29. The number of benzene rings is 2. The van der Waals surface area contributed by atoms with Crippen LogP contribution in [-0.4, -0.2) is 47.0 Å². The highest BCUT2D eigenvalue weighted by atomic mass is 127. The van der Waals surface area contributed by atoms with Crippen molar-refractivity contribution in [3.05, 3.63) is 59.2 Å². The maximum absolute atomic E-state index is 5.58. The van der Waals surface area contributed by atoms with Crippen LogP contribution in [0.4, 0.5) is 0 Å². The van der Waals surface area contributed by atoms with E-state index in [9.17, 15) is 0 Å². The van der Waals surface area contributed by atoms with Crippen LogP contribution in [0, 0.1) is 6.92 Å². The van der Waals surface area contributed by atoms with E-state index in [4.69, 9.17) is 14.2 Å². The lowest BCUT2D eigenvalue weighted by atomic mass is 10.1. The number of guanidine groups is 1. The van der Waals surface area contributed by atoms with E-state index in [1.165, 1.54) is 11.1 Å². The molecule has 6 nitrogen and oxygen atoms in total. The van der Waals surface area contributed by atoms with E-state index in [1.807, 2.05) is 30.3 Å². The molecule has 0 radical (unpaired) electrons. The van der Waals surface area contributed by atoms with Gasteiger partial charge in [-0.2, -0.15) is 0 Å². The molecule has 0 fully saturated rings. The van der Waals surface area contributed by atoms with E-state index < -0.39 is 0 Å². The van der Waals surface area contributed by atoms with E-state index >= 15 is 0 Å². The van der Waals surface area contributed by atoms with Crippen LogP contribution in [0.5, 0.6) is 11.5 Å². The second kappa shape index (κ2) is 14.1. The summed E-state index contributed by atoms with van der Waals surface area (Å²) in [6, 6.07) is 14.2. The molecule has 0 saturated carbocycles. The molecule has 2 aromatic carbocycles. The lowest BCUT2D eigenvalue weighted by Crippen LogP contribution is -2.37. The van der Waals surface area contributed by atoms with Gasteiger partial charge >= 0.3 is 0 Å². The summed E-state index contributed by atoms with van der Waals surface area (Å²) in [5.74, 6) is 2.53. The first-order valence-electron chi connectivity index (χ1n) is 9.45. The Morgan fingerprint density at radius 1 is 1.00 bits per heavy atom. The minimum absolute atomic E-state index is 0. The molecule has 2 N–H and O–H groups in total. The second-order valence-electron chi connectivity index (χ2n) is 6.40. The van der Waals surface area contributed by atoms with E-state index in [0.29, 0.717) is 19.8 Å². The Kier molecular flexibility index (Phi) is 12.1. The minimum atomic E-state index is 0. The molecule has 0 aliphatic carbocycles. The van der Waals surface area contributed by atoms with E-state index in [1.54, 1.807) is 21.3 Å². The number of ether oxygens (including phenoxy) is 3. The number of hydrogen-bond acceptors (Lipinski definition) is 4. The van der Waals surface area contributed by atoms with Crippen molar-refractivity contribution < 1.29 is 14.2 Å². The number of aliphatic imine (C=N–C) groups is 1. The molecular weight excluding hydrogens is 481 g/mol. The molecule has 0 heterocycles. The fourth-order valence-electron chi connectivity index (χ4n) is 2.77. The summed E-state index contributed by atoms with van der Waals surface area (Å²) in [7, 11) is 5.14. The number of nitrogens with one attached hydrogen (secondary N) is 2. The number of hydrogen-bond donors (Lipinski definition) is 2. The first-order valence-corrected chi connectivity index (χ1v) is 9.45. The Labute approximate surface area is 191 Å². The fraction of sp³-hybridized carbons (Fsp3) is 0.409. The number of aryl methyl sites for hydroxylation is 1. The monoisotopic (exact) mass is 513 g/mol. The molecule has 7 heteroatoms. The Morgan fingerprint density at radius 2 is 1.76 bits per heavy atom. The standard InChI is InChI=1S/C22H31N3O3.HI/c1-17-5-10-21(27-4)19(15-17)11-12-24-22(23-2)25-16-18-6-8-20(9-7-18)28-14-13-26-3;/h5-10,15H,11-14,16H2,1-4H3,(H2,23,24,25);1H. The first kappa shape index (κ1) is 25.0. The molecule has 0 aliphatic heterocycles. The smallest absolute Gasteiger partial charge is 0.191 e. The van der Waals surface area contributed by atoms with Crippen molar-refractivity contribution in [2.24, 2.45) is 4.99 Å². The molecule has 2 aromatic rings. The number of rotatable bonds is 10. The summed E-state index contributed by atoms with van der Waals surface area (Å²) in [5, 5.41) is 6.68. The lowest BCUT2D eigenvalue weighted by molar-refractivity contribution is 0.146. The molecule has 0 bridgehead atoms. The average Bonchev–Trinajstić information content (AvgIpc) is 2.72. The van der Waals surface area contributed by atoms with E-state index in [0.717, 1.165) is 36.0 Å². The highest BCUT2D eigenvalue weighted by Gasteiger charge is 2.04. The van der Waals surface area contributed by atoms with Gasteiger partial charge in [0.05, 0.1) is 13.7 Å². The molecule has 0 aromatic heterocycles. The Balaban J connectivity index is 0.00000420. The van der Waals surface area contributed by atoms with Crippen molar-refractivity contribution in [3.8, 4) is 11.5 Å². The molecule has 0 unspecified atom stereocenters. The zero-order valence-corrected chi connectivity index (χ0v) is 20.0. The Hall–Kier alpha value is -2.00. The van der Waals surface area contributed by atoms with Crippen LogP contribution >= 0.6 is 24.0 Å². The van der Waals surface area contributed by atoms with E-state index in [-0.39, 0.29) is 24.0 Å². The van der Waals surface area contributed by atoms with Gasteiger partial charge in [-0.05, 0) is 42.7 Å². The summed E-state index contributed by atoms with van der Waals surface area (Å²) in [6.45, 7) is 4.68. The molecule has 29 heavy (non-hydrogen) atoms. The third-order valence-corrected chi connectivity index (χ3v) is 4.29. The Morgan fingerprint density at radius 3 is 2.41 bits per heavy atom. The highest BCUT2D eigenvalue weighted by molar-refractivity contribution is 14.0. The summed E-state index contributed by atoms with van der Waals surface area (Å²) in [6.07, 6.45) is 0.860. The van der Waals surface area contributed by atoms with Gasteiger partial charge in [-0.25, -0.2) is 0 Å². The predicted octanol–water partition coefficient (Wildman–Crippen LogP) is 3.55. The third kappa shape index (κ3) is 8.91. The largest absolute Gasteiger partial charge is 0.496 e. The fourth-order valence-corrected chi connectivity index (χ4v) is 2.77. The number of halogens is 1. The molecular formula is C22H32IN3O3. The zero-order valence-electron chi connectivity index (χ0n) is 17.7. The van der Waals surface area contributed by atoms with Gasteiger partial charge in [-0.1, -0.05) is 29.8 Å². The van der Waals surface area contributed by atoms with Crippen molar-refractivity contribution >= 4 is 29.9 Å². The Bertz CT molecular complexity index is 751. The summed E-state index contributed by atoms with van der Waals surface area (Å²) < 4.78 is 16.0.